The number of nitrogens with one attached hydrogen (secondary N) is 1. The molecule has 2 amide bonds. The molecular weight excluding hydrogens is 326 g/mol. The first-order valence-electron chi connectivity index (χ1n) is 9.43. The zero-order valence-electron chi connectivity index (χ0n) is 15.3. The first-order valence-corrected chi connectivity index (χ1v) is 9.43. The third-order valence-corrected chi connectivity index (χ3v) is 5.20. The van der Waals surface area contributed by atoms with E-state index in [-0.39, 0.29) is 30.1 Å². The molecule has 0 saturated carbocycles. The second-order valence-corrected chi connectivity index (χ2v) is 7.01. The summed E-state index contributed by atoms with van der Waals surface area (Å²) in [7, 11) is 0. The van der Waals surface area contributed by atoms with E-state index in [0.717, 1.165) is 64.8 Å². The minimum Gasteiger partial charge on any atom is -0.342 e. The third kappa shape index (κ3) is 5.92. The third-order valence-electron chi connectivity index (χ3n) is 5.20. The van der Waals surface area contributed by atoms with Crippen molar-refractivity contribution < 1.29 is 9.59 Å². The summed E-state index contributed by atoms with van der Waals surface area (Å²) < 4.78 is 0. The van der Waals surface area contributed by atoms with Crippen LogP contribution in [-0.4, -0.2) is 60.9 Å². The number of carbonyl (C=O) groups excluding carboxylic acids is 2. The number of halogens is 1. The summed E-state index contributed by atoms with van der Waals surface area (Å²) in [5.41, 5.74) is 0. The number of amides is 2. The molecule has 5 nitrogen and oxygen atoms in total. The molecule has 0 aromatic rings. The summed E-state index contributed by atoms with van der Waals surface area (Å²) in [6.45, 7) is 9.48. The van der Waals surface area contributed by atoms with Gasteiger partial charge in [0.25, 0.3) is 0 Å². The lowest BCUT2D eigenvalue weighted by atomic mass is 9.92. The Labute approximate surface area is 152 Å². The molecule has 1 atom stereocenters. The van der Waals surface area contributed by atoms with Crippen molar-refractivity contribution in [3.8, 4) is 0 Å². The fraction of sp³-hybridized carbons (Fsp3) is 0.889. The minimum atomic E-state index is 0. The molecule has 2 fully saturated rings. The maximum atomic E-state index is 12.8. The standard InChI is InChI=1S/C18H33N3O2.ClH/c1-3-6-17(22)21-10-5-7-16(14-21)18(23)20-11-8-15(9-12-20)13-19-4-2;/h15-16,19H,3-14H2,1-2H3;1H. The molecule has 2 aliphatic rings. The molecule has 6 heteroatoms. The van der Waals surface area contributed by atoms with Crippen molar-refractivity contribution in [2.45, 2.75) is 52.4 Å². The molecule has 0 spiro atoms. The monoisotopic (exact) mass is 359 g/mol. The van der Waals surface area contributed by atoms with Crippen molar-refractivity contribution in [1.29, 1.82) is 0 Å². The van der Waals surface area contributed by atoms with E-state index in [4.69, 9.17) is 0 Å². The topological polar surface area (TPSA) is 52.7 Å². The molecule has 24 heavy (non-hydrogen) atoms. The van der Waals surface area contributed by atoms with E-state index in [2.05, 4.69) is 12.2 Å². The van der Waals surface area contributed by atoms with Crippen LogP contribution in [0.15, 0.2) is 0 Å². The highest BCUT2D eigenvalue weighted by atomic mass is 35.5. The largest absolute Gasteiger partial charge is 0.342 e. The number of hydrogen-bond acceptors (Lipinski definition) is 3. The maximum absolute atomic E-state index is 12.8. The number of nitrogens with zero attached hydrogens (tertiary/aromatic N) is 2. The Kier molecular flexibility index (Phi) is 9.67. The summed E-state index contributed by atoms with van der Waals surface area (Å²) in [6.07, 6.45) is 5.59. The Balaban J connectivity index is 0.00000288. The second kappa shape index (κ2) is 10.9. The Bertz CT molecular complexity index is 398. The molecule has 0 aromatic heterocycles. The van der Waals surface area contributed by atoms with Crippen LogP contribution in [0.3, 0.4) is 0 Å². The van der Waals surface area contributed by atoms with Gasteiger partial charge in [-0.3, -0.25) is 9.59 Å². The van der Waals surface area contributed by atoms with Gasteiger partial charge in [0.15, 0.2) is 0 Å². The van der Waals surface area contributed by atoms with Gasteiger partial charge >= 0.3 is 0 Å². The lowest BCUT2D eigenvalue weighted by Gasteiger charge is -2.38. The number of hydrogen-bond donors (Lipinski definition) is 1. The number of likely N-dealkylation sites (tertiary alicyclic amines) is 2. The van der Waals surface area contributed by atoms with Crippen LogP contribution >= 0.6 is 12.4 Å². The van der Waals surface area contributed by atoms with Gasteiger partial charge in [0.1, 0.15) is 0 Å². The molecule has 140 valence electrons. The van der Waals surface area contributed by atoms with Crippen LogP contribution in [0.4, 0.5) is 0 Å². The smallest absolute Gasteiger partial charge is 0.227 e. The Hall–Kier alpha value is -0.810. The first kappa shape index (κ1) is 21.2. The van der Waals surface area contributed by atoms with Gasteiger partial charge in [-0.15, -0.1) is 12.4 Å². The molecule has 0 radical (unpaired) electrons. The van der Waals surface area contributed by atoms with E-state index in [9.17, 15) is 9.59 Å². The number of piperidine rings is 2. The van der Waals surface area contributed by atoms with Gasteiger partial charge < -0.3 is 15.1 Å². The highest BCUT2D eigenvalue weighted by Gasteiger charge is 2.32. The van der Waals surface area contributed by atoms with Gasteiger partial charge in [-0.25, -0.2) is 0 Å². The van der Waals surface area contributed by atoms with E-state index in [1.165, 1.54) is 0 Å². The molecule has 0 aromatic carbocycles. The van der Waals surface area contributed by atoms with E-state index >= 15 is 0 Å². The van der Waals surface area contributed by atoms with Crippen LogP contribution < -0.4 is 5.32 Å². The molecule has 0 aliphatic carbocycles. The highest BCUT2D eigenvalue weighted by Crippen LogP contribution is 2.23. The second-order valence-electron chi connectivity index (χ2n) is 7.01. The highest BCUT2D eigenvalue weighted by molar-refractivity contribution is 5.85. The zero-order chi connectivity index (χ0) is 16.7. The minimum absolute atomic E-state index is 0. The molecular formula is C18H34ClN3O2. The average Bonchev–Trinajstić information content (AvgIpc) is 2.60. The van der Waals surface area contributed by atoms with E-state index in [1.807, 2.05) is 16.7 Å². The van der Waals surface area contributed by atoms with Crippen molar-refractivity contribution in [2.24, 2.45) is 11.8 Å². The van der Waals surface area contributed by atoms with Crippen molar-refractivity contribution in [2.75, 3.05) is 39.3 Å². The molecule has 1 N–H and O–H groups in total. The summed E-state index contributed by atoms with van der Waals surface area (Å²) in [4.78, 5) is 28.8. The average molecular weight is 360 g/mol. The predicted octanol–water partition coefficient (Wildman–Crippen LogP) is 2.30. The van der Waals surface area contributed by atoms with Crippen LogP contribution in [-0.2, 0) is 9.59 Å². The van der Waals surface area contributed by atoms with Crippen molar-refractivity contribution in [3.05, 3.63) is 0 Å². The van der Waals surface area contributed by atoms with Crippen LogP contribution in [0.25, 0.3) is 0 Å². The fourth-order valence-corrected chi connectivity index (χ4v) is 3.74. The molecule has 0 bridgehead atoms. The van der Waals surface area contributed by atoms with E-state index < -0.39 is 0 Å². The van der Waals surface area contributed by atoms with Gasteiger partial charge in [-0.05, 0) is 51.1 Å². The van der Waals surface area contributed by atoms with Crippen LogP contribution in [0.5, 0.6) is 0 Å². The molecule has 2 saturated heterocycles. The zero-order valence-corrected chi connectivity index (χ0v) is 16.1. The van der Waals surface area contributed by atoms with Crippen LogP contribution in [0, 0.1) is 11.8 Å². The Morgan fingerprint density at radius 3 is 2.38 bits per heavy atom. The van der Waals surface area contributed by atoms with Crippen molar-refractivity contribution in [1.82, 2.24) is 15.1 Å². The lowest BCUT2D eigenvalue weighted by Crippen LogP contribution is -2.49. The number of carbonyl (C=O) groups is 2. The van der Waals surface area contributed by atoms with Crippen molar-refractivity contribution in [3.63, 3.8) is 0 Å². The number of rotatable bonds is 6. The van der Waals surface area contributed by atoms with Gasteiger partial charge in [0.05, 0.1) is 5.92 Å². The Morgan fingerprint density at radius 2 is 1.75 bits per heavy atom. The summed E-state index contributed by atoms with van der Waals surface area (Å²) in [6, 6.07) is 0. The van der Waals surface area contributed by atoms with Crippen LogP contribution in [0.1, 0.15) is 52.4 Å². The summed E-state index contributed by atoms with van der Waals surface area (Å²) in [5.74, 6) is 1.22. The molecule has 1 unspecified atom stereocenters. The quantitative estimate of drug-likeness (QED) is 0.791. The Morgan fingerprint density at radius 1 is 1.04 bits per heavy atom. The molecule has 2 aliphatic heterocycles. The van der Waals surface area contributed by atoms with Gasteiger partial charge in [0, 0.05) is 32.6 Å². The maximum Gasteiger partial charge on any atom is 0.227 e. The van der Waals surface area contributed by atoms with Crippen LogP contribution in [0.2, 0.25) is 0 Å². The first-order chi connectivity index (χ1) is 11.2. The fourth-order valence-electron chi connectivity index (χ4n) is 3.74. The SMILES string of the molecule is CCCC(=O)N1CCCC(C(=O)N2CCC(CNCC)CC2)C1.Cl. The normalized spacial score (nSPS) is 22.2. The molecule has 2 heterocycles. The lowest BCUT2D eigenvalue weighted by molar-refractivity contribution is -0.141. The summed E-state index contributed by atoms with van der Waals surface area (Å²) in [5, 5.41) is 3.41. The molecule has 2 rings (SSSR count). The van der Waals surface area contributed by atoms with Gasteiger partial charge in [-0.2, -0.15) is 0 Å². The summed E-state index contributed by atoms with van der Waals surface area (Å²) >= 11 is 0. The van der Waals surface area contributed by atoms with Crippen molar-refractivity contribution >= 4 is 24.2 Å². The van der Waals surface area contributed by atoms with E-state index in [1.54, 1.807) is 0 Å². The van der Waals surface area contributed by atoms with Gasteiger partial charge in [-0.1, -0.05) is 13.8 Å². The van der Waals surface area contributed by atoms with E-state index in [0.29, 0.717) is 18.9 Å². The predicted molar refractivity (Wildman–Crippen MR) is 99.3 cm³/mol. The van der Waals surface area contributed by atoms with Gasteiger partial charge in [0.2, 0.25) is 11.8 Å².